The maximum Gasteiger partial charge on any atom is 0.220 e. The summed E-state index contributed by atoms with van der Waals surface area (Å²) >= 11 is 7.11. The molecule has 2 heterocycles. The van der Waals surface area contributed by atoms with Crippen LogP contribution in [0.25, 0.3) is 0 Å². The summed E-state index contributed by atoms with van der Waals surface area (Å²) < 4.78 is 0.592. The van der Waals surface area contributed by atoms with E-state index in [1.807, 2.05) is 18.2 Å². The van der Waals surface area contributed by atoms with Gasteiger partial charge in [0.1, 0.15) is 0 Å². The number of hydrogen-bond donors (Lipinski definition) is 1. The molecule has 0 saturated carbocycles. The molecule has 26 heavy (non-hydrogen) atoms. The Morgan fingerprint density at radius 2 is 1.81 bits per heavy atom. The van der Waals surface area contributed by atoms with E-state index in [0.29, 0.717) is 15.8 Å². The van der Waals surface area contributed by atoms with E-state index in [-0.39, 0.29) is 30.6 Å². The molecule has 1 aromatic carbocycles. The van der Waals surface area contributed by atoms with Crippen LogP contribution in [0.15, 0.2) is 42.5 Å². The SMILES string of the molecule is O=C(CCC(=O)c1ccc(Cl)s1)NCC(c1ccccc1)N1CCCC1. The molecule has 2 aromatic rings. The summed E-state index contributed by atoms with van der Waals surface area (Å²) in [6.07, 6.45) is 2.82. The summed E-state index contributed by atoms with van der Waals surface area (Å²) in [6, 6.07) is 13.9. The van der Waals surface area contributed by atoms with Crippen molar-refractivity contribution in [3.8, 4) is 0 Å². The first kappa shape index (κ1) is 19.1. The Morgan fingerprint density at radius 1 is 1.08 bits per heavy atom. The van der Waals surface area contributed by atoms with Gasteiger partial charge in [-0.15, -0.1) is 11.3 Å². The van der Waals surface area contributed by atoms with Crippen molar-refractivity contribution in [2.24, 2.45) is 0 Å². The molecule has 1 saturated heterocycles. The monoisotopic (exact) mass is 390 g/mol. The zero-order valence-corrected chi connectivity index (χ0v) is 16.2. The van der Waals surface area contributed by atoms with Gasteiger partial charge >= 0.3 is 0 Å². The van der Waals surface area contributed by atoms with Crippen LogP contribution in [-0.4, -0.2) is 36.2 Å². The maximum absolute atomic E-state index is 12.2. The van der Waals surface area contributed by atoms with Crippen molar-refractivity contribution >= 4 is 34.6 Å². The van der Waals surface area contributed by atoms with Crippen LogP contribution in [0, 0.1) is 0 Å². The number of halogens is 1. The van der Waals surface area contributed by atoms with E-state index in [1.54, 1.807) is 12.1 Å². The summed E-state index contributed by atoms with van der Waals surface area (Å²) in [7, 11) is 0. The molecular formula is C20H23ClN2O2S. The third-order valence-corrected chi connectivity index (χ3v) is 5.96. The lowest BCUT2D eigenvalue weighted by Crippen LogP contribution is -2.36. The fourth-order valence-corrected chi connectivity index (χ4v) is 4.31. The smallest absolute Gasteiger partial charge is 0.220 e. The summed E-state index contributed by atoms with van der Waals surface area (Å²) in [5, 5.41) is 3.01. The van der Waals surface area contributed by atoms with Crippen LogP contribution in [0.5, 0.6) is 0 Å². The number of nitrogens with zero attached hydrogens (tertiary/aromatic N) is 1. The predicted octanol–water partition coefficient (Wildman–Crippen LogP) is 4.32. The highest BCUT2D eigenvalue weighted by molar-refractivity contribution is 7.18. The topological polar surface area (TPSA) is 49.4 Å². The molecule has 1 unspecified atom stereocenters. The van der Waals surface area contributed by atoms with Gasteiger partial charge in [-0.05, 0) is 43.6 Å². The third-order valence-electron chi connectivity index (χ3n) is 4.69. The van der Waals surface area contributed by atoms with E-state index < -0.39 is 0 Å². The fourth-order valence-electron chi connectivity index (χ4n) is 3.30. The van der Waals surface area contributed by atoms with Crippen LogP contribution in [-0.2, 0) is 4.79 Å². The van der Waals surface area contributed by atoms with Crippen molar-refractivity contribution < 1.29 is 9.59 Å². The van der Waals surface area contributed by atoms with Crippen LogP contribution in [0.1, 0.15) is 47.0 Å². The molecule has 0 spiro atoms. The van der Waals surface area contributed by atoms with Crippen molar-refractivity contribution in [2.45, 2.75) is 31.7 Å². The lowest BCUT2D eigenvalue weighted by Gasteiger charge is -2.28. The van der Waals surface area contributed by atoms with E-state index in [4.69, 9.17) is 11.6 Å². The van der Waals surface area contributed by atoms with Gasteiger partial charge in [0.05, 0.1) is 15.3 Å². The average molecular weight is 391 g/mol. The van der Waals surface area contributed by atoms with Gasteiger partial charge in [-0.25, -0.2) is 0 Å². The molecule has 6 heteroatoms. The molecule has 0 bridgehead atoms. The summed E-state index contributed by atoms with van der Waals surface area (Å²) in [5.41, 5.74) is 1.22. The van der Waals surface area contributed by atoms with Gasteiger partial charge in [-0.1, -0.05) is 41.9 Å². The summed E-state index contributed by atoms with van der Waals surface area (Å²) in [6.45, 7) is 2.70. The van der Waals surface area contributed by atoms with Crippen molar-refractivity contribution in [3.63, 3.8) is 0 Å². The summed E-state index contributed by atoms with van der Waals surface area (Å²) in [4.78, 5) is 27.4. The molecule has 138 valence electrons. The number of Topliss-reactive ketones (excluding diaryl/α,β-unsaturated/α-hetero) is 1. The highest BCUT2D eigenvalue weighted by Crippen LogP contribution is 2.25. The van der Waals surface area contributed by atoms with E-state index in [9.17, 15) is 9.59 Å². The second-order valence-electron chi connectivity index (χ2n) is 6.50. The quantitative estimate of drug-likeness (QED) is 0.683. The first-order valence-electron chi connectivity index (χ1n) is 8.98. The number of benzene rings is 1. The number of likely N-dealkylation sites (tertiary alicyclic amines) is 1. The molecule has 1 amide bonds. The van der Waals surface area contributed by atoms with E-state index in [1.165, 1.54) is 29.7 Å². The minimum Gasteiger partial charge on any atom is -0.354 e. The predicted molar refractivity (Wildman–Crippen MR) is 106 cm³/mol. The lowest BCUT2D eigenvalue weighted by molar-refractivity contribution is -0.121. The second-order valence-corrected chi connectivity index (χ2v) is 8.22. The van der Waals surface area contributed by atoms with E-state index in [0.717, 1.165) is 13.1 Å². The maximum atomic E-state index is 12.2. The number of thiophene rings is 1. The van der Waals surface area contributed by atoms with Crippen LogP contribution < -0.4 is 5.32 Å². The zero-order chi connectivity index (χ0) is 18.4. The molecule has 1 aliphatic heterocycles. The van der Waals surface area contributed by atoms with Gasteiger partial charge in [0.25, 0.3) is 0 Å². The molecule has 1 fully saturated rings. The molecule has 1 atom stereocenters. The van der Waals surface area contributed by atoms with Gasteiger partial charge in [-0.3, -0.25) is 14.5 Å². The standard InChI is InChI=1S/C20H23ClN2O2S/c21-19-10-9-18(26-19)17(24)8-11-20(25)22-14-16(23-12-4-5-13-23)15-6-2-1-3-7-15/h1-3,6-7,9-10,16H,4-5,8,11-14H2,(H,22,25). The van der Waals surface area contributed by atoms with Crippen molar-refractivity contribution in [2.75, 3.05) is 19.6 Å². The minimum atomic E-state index is -0.0823. The molecule has 4 nitrogen and oxygen atoms in total. The Balaban J connectivity index is 1.51. The van der Waals surface area contributed by atoms with Gasteiger partial charge in [0, 0.05) is 19.4 Å². The Bertz CT molecular complexity index is 741. The number of carbonyl (C=O) groups is 2. The number of ketones is 1. The first-order chi connectivity index (χ1) is 12.6. The van der Waals surface area contributed by atoms with Crippen LogP contribution in [0.3, 0.4) is 0 Å². The lowest BCUT2D eigenvalue weighted by atomic mass is 10.1. The molecular weight excluding hydrogens is 368 g/mol. The third kappa shape index (κ3) is 5.16. The Labute approximate surface area is 163 Å². The molecule has 0 aliphatic carbocycles. The van der Waals surface area contributed by atoms with Crippen LogP contribution in [0.4, 0.5) is 0 Å². The fraction of sp³-hybridized carbons (Fsp3) is 0.400. The molecule has 1 N–H and O–H groups in total. The summed E-state index contributed by atoms with van der Waals surface area (Å²) in [5.74, 6) is -0.114. The van der Waals surface area contributed by atoms with Crippen LogP contribution >= 0.6 is 22.9 Å². The number of carbonyl (C=O) groups excluding carboxylic acids is 2. The molecule has 1 aliphatic rings. The normalized spacial score (nSPS) is 15.7. The molecule has 1 aromatic heterocycles. The Hall–Kier alpha value is -1.69. The van der Waals surface area contributed by atoms with Crippen molar-refractivity contribution in [1.29, 1.82) is 0 Å². The molecule has 0 radical (unpaired) electrons. The van der Waals surface area contributed by atoms with Gasteiger partial charge in [0.15, 0.2) is 5.78 Å². The van der Waals surface area contributed by atoms with Crippen LogP contribution in [0.2, 0.25) is 4.34 Å². The zero-order valence-electron chi connectivity index (χ0n) is 14.6. The van der Waals surface area contributed by atoms with E-state index >= 15 is 0 Å². The number of amides is 1. The van der Waals surface area contributed by atoms with Crippen molar-refractivity contribution in [1.82, 2.24) is 10.2 Å². The van der Waals surface area contributed by atoms with Gasteiger partial charge < -0.3 is 5.32 Å². The van der Waals surface area contributed by atoms with E-state index in [2.05, 4.69) is 22.3 Å². The van der Waals surface area contributed by atoms with Gasteiger partial charge in [-0.2, -0.15) is 0 Å². The highest BCUT2D eigenvalue weighted by Gasteiger charge is 2.23. The second kappa shape index (κ2) is 9.31. The molecule has 3 rings (SSSR count). The van der Waals surface area contributed by atoms with Gasteiger partial charge in [0.2, 0.25) is 5.91 Å². The average Bonchev–Trinajstić information content (AvgIpc) is 3.33. The Kier molecular flexibility index (Phi) is 6.83. The number of rotatable bonds is 8. The first-order valence-corrected chi connectivity index (χ1v) is 10.2. The minimum absolute atomic E-state index is 0.0313. The number of nitrogens with one attached hydrogen (secondary N) is 1. The Morgan fingerprint density at radius 3 is 2.46 bits per heavy atom. The number of hydrogen-bond acceptors (Lipinski definition) is 4. The highest BCUT2D eigenvalue weighted by atomic mass is 35.5. The largest absolute Gasteiger partial charge is 0.354 e. The van der Waals surface area contributed by atoms with Crippen molar-refractivity contribution in [3.05, 3.63) is 57.2 Å².